The molecule has 1 heterocycles. The van der Waals surface area contributed by atoms with E-state index in [1.807, 2.05) is 0 Å². The van der Waals surface area contributed by atoms with E-state index in [0.717, 1.165) is 12.8 Å². The Balaban J connectivity index is 2.03. The zero-order valence-electron chi connectivity index (χ0n) is 20.6. The molecule has 3 rings (SSSR count). The van der Waals surface area contributed by atoms with Gasteiger partial charge in [-0.25, -0.2) is 5.09 Å². The van der Waals surface area contributed by atoms with E-state index in [-0.39, 0.29) is 39.7 Å². The third-order valence-electron chi connectivity index (χ3n) is 8.97. The molecule has 0 spiro atoms. The monoisotopic (exact) mass is 461 g/mol. The molecule has 30 heavy (non-hydrogen) atoms. The van der Waals surface area contributed by atoms with Gasteiger partial charge in [0.2, 0.25) is 0 Å². The van der Waals surface area contributed by atoms with Gasteiger partial charge in [-0.2, -0.15) is 0 Å². The zero-order chi connectivity index (χ0) is 23.0. The third kappa shape index (κ3) is 4.17. The Morgan fingerprint density at radius 1 is 0.967 bits per heavy atom. The predicted octanol–water partition coefficient (Wildman–Crippen LogP) is 5.09. The Morgan fingerprint density at radius 3 is 2.17 bits per heavy atom. The number of hydrogen-bond donors (Lipinski definition) is 1. The SMILES string of the molecule is BP1(=O)OC[C@@]2(C)C[C@@H](C)C(C)(C)[C@@H]2NP(C)(=O)OC[C@@]2(C)C[C@@H](C)[C@H](O1)C2(C)C. The van der Waals surface area contributed by atoms with Crippen molar-refractivity contribution in [3.05, 3.63) is 0 Å². The molecule has 0 amide bonds. The van der Waals surface area contributed by atoms with Gasteiger partial charge in [-0.1, -0.05) is 55.4 Å². The molecule has 0 aromatic heterocycles. The summed E-state index contributed by atoms with van der Waals surface area (Å²) in [5.41, 5.74) is -0.989. The van der Waals surface area contributed by atoms with Gasteiger partial charge in [0.05, 0.1) is 19.3 Å². The lowest BCUT2D eigenvalue weighted by molar-refractivity contribution is -0.0112. The first-order valence-corrected chi connectivity index (χ1v) is 15.3. The highest BCUT2D eigenvalue weighted by molar-refractivity contribution is 7.79. The minimum absolute atomic E-state index is 0.0893. The molecular formula is C21H42BNO5P2. The van der Waals surface area contributed by atoms with Crippen LogP contribution in [-0.2, 0) is 22.7 Å². The van der Waals surface area contributed by atoms with E-state index in [1.165, 1.54) is 0 Å². The van der Waals surface area contributed by atoms with E-state index in [9.17, 15) is 9.13 Å². The van der Waals surface area contributed by atoms with Gasteiger partial charge in [0.1, 0.15) is 0 Å². The van der Waals surface area contributed by atoms with Gasteiger partial charge >= 0.3 is 0 Å². The number of rotatable bonds is 0. The summed E-state index contributed by atoms with van der Waals surface area (Å²) in [6.45, 7) is 19.7. The van der Waals surface area contributed by atoms with Crippen molar-refractivity contribution < 1.29 is 22.7 Å². The maximum absolute atomic E-state index is 13.6. The van der Waals surface area contributed by atoms with Gasteiger partial charge in [-0.15, -0.1) is 0 Å². The molecule has 0 radical (unpaired) electrons. The molecule has 0 aromatic carbocycles. The van der Waals surface area contributed by atoms with Crippen LogP contribution in [0.25, 0.3) is 0 Å². The standard InChI is InChI=1S/C21H42BNO5P2/c1-14-10-21(8)13-26-29(9,24)23-17-18(3,4)15(2)11-20(17,7)12-27-30(22,25)28-16(14)19(21,5)6/h14-17H,10-13,22H2,1-9H3,(H,23,24)/t14-,15-,16+,17+,20-,21-,29?,30?/m1/s1. The van der Waals surface area contributed by atoms with Gasteiger partial charge in [-0.05, 0) is 40.9 Å². The van der Waals surface area contributed by atoms with Crippen molar-refractivity contribution in [1.82, 2.24) is 5.09 Å². The Bertz CT molecular complexity index is 789. The molecular weight excluding hydrogens is 419 g/mol. The highest BCUT2D eigenvalue weighted by atomic mass is 31.2. The minimum Gasteiger partial charge on any atom is -0.317 e. The van der Waals surface area contributed by atoms with Gasteiger partial charge in [0.25, 0.3) is 22.6 Å². The zero-order valence-corrected chi connectivity index (χ0v) is 22.4. The summed E-state index contributed by atoms with van der Waals surface area (Å²) >= 11 is 0. The highest BCUT2D eigenvalue weighted by Gasteiger charge is 2.59. The Labute approximate surface area is 184 Å². The van der Waals surface area contributed by atoms with Gasteiger partial charge in [-0.3, -0.25) is 9.13 Å². The average molecular weight is 461 g/mol. The average Bonchev–Trinajstić information content (AvgIpc) is 2.85. The maximum atomic E-state index is 13.6. The normalized spacial score (nSPS) is 53.9. The highest BCUT2D eigenvalue weighted by Crippen LogP contribution is 2.64. The van der Waals surface area contributed by atoms with Crippen molar-refractivity contribution in [2.45, 2.75) is 80.4 Å². The first-order valence-electron chi connectivity index (χ1n) is 11.3. The number of hydrogen-bond acceptors (Lipinski definition) is 5. The molecule has 3 aliphatic rings. The third-order valence-corrected chi connectivity index (χ3v) is 11.5. The smallest absolute Gasteiger partial charge is 0.270 e. The summed E-state index contributed by atoms with van der Waals surface area (Å²) in [5.74, 6) is 0.590. The Kier molecular flexibility index (Phi) is 6.20. The van der Waals surface area contributed by atoms with Crippen LogP contribution in [0.1, 0.15) is 68.2 Å². The van der Waals surface area contributed by atoms with Crippen LogP contribution in [-0.4, -0.2) is 39.6 Å². The fourth-order valence-corrected chi connectivity index (χ4v) is 9.58. The lowest BCUT2D eigenvalue weighted by Crippen LogP contribution is -2.48. The summed E-state index contributed by atoms with van der Waals surface area (Å²) in [5, 5.41) is 3.42. The van der Waals surface area contributed by atoms with Crippen LogP contribution in [0.2, 0.25) is 0 Å². The molecule has 2 unspecified atom stereocenters. The van der Waals surface area contributed by atoms with Crippen molar-refractivity contribution in [2.75, 3.05) is 19.9 Å². The minimum atomic E-state index is -3.27. The summed E-state index contributed by atoms with van der Waals surface area (Å²) in [6.07, 6.45) is 1.53. The Morgan fingerprint density at radius 2 is 1.57 bits per heavy atom. The lowest BCUT2D eigenvalue weighted by Gasteiger charge is -2.42. The van der Waals surface area contributed by atoms with Gasteiger partial charge < -0.3 is 13.6 Å². The maximum Gasteiger partial charge on any atom is 0.270 e. The molecule has 3 fully saturated rings. The van der Waals surface area contributed by atoms with E-state index in [0.29, 0.717) is 19.1 Å². The second kappa shape index (κ2) is 7.44. The molecule has 0 aromatic rings. The fraction of sp³-hybridized carbons (Fsp3) is 1.00. The largest absolute Gasteiger partial charge is 0.317 e. The van der Waals surface area contributed by atoms with Crippen molar-refractivity contribution in [3.8, 4) is 0 Å². The van der Waals surface area contributed by atoms with E-state index >= 15 is 0 Å². The van der Waals surface area contributed by atoms with Crippen molar-refractivity contribution in [3.63, 3.8) is 0 Å². The first-order chi connectivity index (χ1) is 13.4. The number of nitrogens with one attached hydrogen (secondary N) is 1. The number of fused-ring (bicyclic) bond motifs is 3. The van der Waals surface area contributed by atoms with Crippen LogP contribution in [0, 0.1) is 33.5 Å². The van der Waals surface area contributed by atoms with Crippen molar-refractivity contribution in [2.24, 2.45) is 33.5 Å². The predicted molar refractivity (Wildman–Crippen MR) is 125 cm³/mol. The lowest BCUT2D eigenvalue weighted by atomic mass is 9.69. The summed E-state index contributed by atoms with van der Waals surface area (Å²) in [7, 11) is -4.74. The van der Waals surface area contributed by atoms with Crippen LogP contribution in [0.4, 0.5) is 0 Å². The molecule has 1 saturated heterocycles. The summed E-state index contributed by atoms with van der Waals surface area (Å²) in [4.78, 5) is 0. The van der Waals surface area contributed by atoms with E-state index in [4.69, 9.17) is 13.6 Å². The molecule has 174 valence electrons. The molecule has 2 saturated carbocycles. The fourth-order valence-electron chi connectivity index (χ4n) is 6.38. The molecule has 6 nitrogen and oxygen atoms in total. The molecule has 1 N–H and O–H groups in total. The molecule has 9 heteroatoms. The Hall–Kier alpha value is 0.365. The van der Waals surface area contributed by atoms with Crippen LogP contribution in [0.15, 0.2) is 0 Å². The van der Waals surface area contributed by atoms with Crippen molar-refractivity contribution in [1.29, 1.82) is 0 Å². The molecule has 2 bridgehead atoms. The summed E-state index contributed by atoms with van der Waals surface area (Å²) < 4.78 is 45.5. The first kappa shape index (κ1) is 25.0. The topological polar surface area (TPSA) is 73.9 Å². The summed E-state index contributed by atoms with van der Waals surface area (Å²) in [6, 6.07) is -0.0893. The molecule has 8 atom stereocenters. The van der Waals surface area contributed by atoms with E-state index in [2.05, 4.69) is 60.5 Å². The van der Waals surface area contributed by atoms with Crippen LogP contribution in [0.3, 0.4) is 0 Å². The second-order valence-corrected chi connectivity index (χ2v) is 16.5. The second-order valence-electron chi connectivity index (χ2n) is 12.3. The molecule has 2 aliphatic carbocycles. The van der Waals surface area contributed by atoms with Crippen LogP contribution in [0.5, 0.6) is 0 Å². The van der Waals surface area contributed by atoms with Gasteiger partial charge in [0, 0.05) is 18.1 Å². The molecule has 1 aliphatic heterocycles. The quantitative estimate of drug-likeness (QED) is 0.401. The van der Waals surface area contributed by atoms with E-state index < -0.39 is 15.0 Å². The van der Waals surface area contributed by atoms with Gasteiger partial charge in [0.15, 0.2) is 0 Å². The van der Waals surface area contributed by atoms with Crippen LogP contribution >= 0.6 is 15.0 Å². The van der Waals surface area contributed by atoms with Crippen LogP contribution < -0.4 is 5.09 Å². The van der Waals surface area contributed by atoms with Crippen molar-refractivity contribution >= 4 is 22.6 Å². The van der Waals surface area contributed by atoms with E-state index in [1.54, 1.807) is 14.2 Å².